The summed E-state index contributed by atoms with van der Waals surface area (Å²) in [6.07, 6.45) is 0. The quantitative estimate of drug-likeness (QED) is 0.868. The molecule has 0 aliphatic heterocycles. The van der Waals surface area contributed by atoms with Crippen LogP contribution in [0.2, 0.25) is 0 Å². The SMILES string of the molecule is CC1(C)[C@H](CN)[C@H]1c1sccc1Br. The summed E-state index contributed by atoms with van der Waals surface area (Å²) in [6, 6.07) is 2.13. The summed E-state index contributed by atoms with van der Waals surface area (Å²) in [5, 5.41) is 2.14. The van der Waals surface area contributed by atoms with Crippen molar-refractivity contribution in [3.05, 3.63) is 20.8 Å². The summed E-state index contributed by atoms with van der Waals surface area (Å²) in [5.74, 6) is 1.34. The molecule has 1 aromatic rings. The van der Waals surface area contributed by atoms with Gasteiger partial charge in [0.05, 0.1) is 0 Å². The van der Waals surface area contributed by atoms with E-state index in [9.17, 15) is 0 Å². The van der Waals surface area contributed by atoms with Crippen molar-refractivity contribution in [2.75, 3.05) is 6.54 Å². The molecule has 0 aromatic carbocycles. The van der Waals surface area contributed by atoms with E-state index in [-0.39, 0.29) is 0 Å². The van der Waals surface area contributed by atoms with Crippen LogP contribution in [0.1, 0.15) is 24.6 Å². The maximum Gasteiger partial charge on any atom is 0.0317 e. The van der Waals surface area contributed by atoms with Crippen molar-refractivity contribution >= 4 is 27.3 Å². The zero-order chi connectivity index (χ0) is 9.64. The molecule has 0 bridgehead atoms. The molecule has 1 aliphatic carbocycles. The zero-order valence-corrected chi connectivity index (χ0v) is 10.3. The topological polar surface area (TPSA) is 26.0 Å². The van der Waals surface area contributed by atoms with Gasteiger partial charge in [0.2, 0.25) is 0 Å². The number of hydrogen-bond acceptors (Lipinski definition) is 2. The number of thiophene rings is 1. The van der Waals surface area contributed by atoms with Crippen molar-refractivity contribution in [3.63, 3.8) is 0 Å². The van der Waals surface area contributed by atoms with Crippen molar-refractivity contribution in [2.45, 2.75) is 19.8 Å². The predicted octanol–water partition coefficient (Wildman–Crippen LogP) is 3.21. The van der Waals surface area contributed by atoms with Gasteiger partial charge in [-0.1, -0.05) is 13.8 Å². The normalized spacial score (nSPS) is 30.5. The third-order valence-electron chi connectivity index (χ3n) is 3.23. The Kier molecular flexibility index (Phi) is 2.29. The van der Waals surface area contributed by atoms with Crippen LogP contribution < -0.4 is 5.73 Å². The van der Waals surface area contributed by atoms with Gasteiger partial charge in [0, 0.05) is 15.3 Å². The van der Waals surface area contributed by atoms with Crippen LogP contribution in [0.4, 0.5) is 0 Å². The Labute approximate surface area is 91.5 Å². The molecule has 13 heavy (non-hydrogen) atoms. The van der Waals surface area contributed by atoms with Crippen molar-refractivity contribution in [1.29, 1.82) is 0 Å². The van der Waals surface area contributed by atoms with Crippen LogP contribution in [0.5, 0.6) is 0 Å². The Morgan fingerprint density at radius 3 is 2.69 bits per heavy atom. The number of nitrogens with two attached hydrogens (primary N) is 1. The van der Waals surface area contributed by atoms with Crippen LogP contribution in [0.25, 0.3) is 0 Å². The molecule has 1 nitrogen and oxygen atoms in total. The van der Waals surface area contributed by atoms with E-state index in [0.29, 0.717) is 17.3 Å². The minimum atomic E-state index is 0.405. The van der Waals surface area contributed by atoms with E-state index in [1.54, 1.807) is 0 Å². The molecule has 0 amide bonds. The van der Waals surface area contributed by atoms with Gasteiger partial charge < -0.3 is 5.73 Å². The highest BCUT2D eigenvalue weighted by molar-refractivity contribution is 9.10. The molecule has 1 aromatic heterocycles. The fourth-order valence-corrected chi connectivity index (χ4v) is 4.21. The molecule has 0 unspecified atom stereocenters. The van der Waals surface area contributed by atoms with E-state index in [1.165, 1.54) is 9.35 Å². The molecule has 1 aliphatic rings. The van der Waals surface area contributed by atoms with E-state index in [0.717, 1.165) is 6.54 Å². The minimum Gasteiger partial charge on any atom is -0.330 e. The van der Waals surface area contributed by atoms with E-state index in [1.807, 2.05) is 11.3 Å². The van der Waals surface area contributed by atoms with Gasteiger partial charge in [0.25, 0.3) is 0 Å². The highest BCUT2D eigenvalue weighted by atomic mass is 79.9. The van der Waals surface area contributed by atoms with Crippen molar-refractivity contribution in [2.24, 2.45) is 17.1 Å². The second-order valence-corrected chi connectivity index (χ2v) is 6.08. The monoisotopic (exact) mass is 259 g/mol. The molecule has 1 heterocycles. The number of rotatable bonds is 2. The van der Waals surface area contributed by atoms with Crippen LogP contribution in [0.3, 0.4) is 0 Å². The second-order valence-electron chi connectivity index (χ2n) is 4.27. The molecule has 1 saturated carbocycles. The molecule has 3 heteroatoms. The van der Waals surface area contributed by atoms with Gasteiger partial charge in [-0.2, -0.15) is 0 Å². The van der Waals surface area contributed by atoms with E-state index in [4.69, 9.17) is 5.73 Å². The average Bonchev–Trinajstić information content (AvgIpc) is 2.41. The zero-order valence-electron chi connectivity index (χ0n) is 7.88. The second kappa shape index (κ2) is 3.07. The molecule has 0 saturated heterocycles. The first-order valence-corrected chi connectivity index (χ1v) is 6.19. The Balaban J connectivity index is 2.26. The van der Waals surface area contributed by atoms with Gasteiger partial charge in [-0.3, -0.25) is 0 Å². The highest BCUT2D eigenvalue weighted by Gasteiger charge is 2.58. The van der Waals surface area contributed by atoms with Gasteiger partial charge in [-0.05, 0) is 45.3 Å². The maximum atomic E-state index is 5.75. The van der Waals surface area contributed by atoms with E-state index >= 15 is 0 Å². The first-order valence-electron chi connectivity index (χ1n) is 4.52. The first-order chi connectivity index (χ1) is 6.09. The van der Waals surface area contributed by atoms with Gasteiger partial charge in [-0.25, -0.2) is 0 Å². The maximum absolute atomic E-state index is 5.75. The molecule has 0 spiro atoms. The summed E-state index contributed by atoms with van der Waals surface area (Å²) < 4.78 is 1.26. The first kappa shape index (κ1) is 9.69. The molecular weight excluding hydrogens is 246 g/mol. The summed E-state index contributed by atoms with van der Waals surface area (Å²) in [4.78, 5) is 1.47. The van der Waals surface area contributed by atoms with Crippen LogP contribution in [-0.2, 0) is 0 Å². The molecule has 0 radical (unpaired) electrons. The van der Waals surface area contributed by atoms with Crippen molar-refractivity contribution in [1.82, 2.24) is 0 Å². The fourth-order valence-electron chi connectivity index (χ4n) is 2.23. The Morgan fingerprint density at radius 2 is 2.31 bits per heavy atom. The fraction of sp³-hybridized carbons (Fsp3) is 0.600. The smallest absolute Gasteiger partial charge is 0.0317 e. The van der Waals surface area contributed by atoms with Crippen LogP contribution in [-0.4, -0.2) is 6.54 Å². The van der Waals surface area contributed by atoms with Crippen LogP contribution in [0, 0.1) is 11.3 Å². The summed E-state index contributed by atoms with van der Waals surface area (Å²) in [7, 11) is 0. The van der Waals surface area contributed by atoms with Gasteiger partial charge in [0.1, 0.15) is 0 Å². The lowest BCUT2D eigenvalue weighted by atomic mass is 10.1. The molecule has 2 rings (SSSR count). The molecule has 2 atom stereocenters. The molecule has 72 valence electrons. The lowest BCUT2D eigenvalue weighted by molar-refractivity contribution is 0.559. The average molecular weight is 260 g/mol. The third-order valence-corrected chi connectivity index (χ3v) is 5.19. The molecule has 1 fully saturated rings. The summed E-state index contributed by atoms with van der Waals surface area (Å²) in [5.41, 5.74) is 6.15. The van der Waals surface area contributed by atoms with Crippen LogP contribution in [0.15, 0.2) is 15.9 Å². The van der Waals surface area contributed by atoms with Crippen molar-refractivity contribution in [3.8, 4) is 0 Å². The van der Waals surface area contributed by atoms with Gasteiger partial charge in [0.15, 0.2) is 0 Å². The van der Waals surface area contributed by atoms with E-state index in [2.05, 4.69) is 41.2 Å². The Morgan fingerprint density at radius 1 is 1.62 bits per heavy atom. The van der Waals surface area contributed by atoms with Gasteiger partial charge in [-0.15, -0.1) is 11.3 Å². The largest absolute Gasteiger partial charge is 0.330 e. The van der Waals surface area contributed by atoms with E-state index < -0.39 is 0 Å². The van der Waals surface area contributed by atoms with Crippen LogP contribution >= 0.6 is 27.3 Å². The Hall–Kier alpha value is 0.140. The Bertz CT molecular complexity index is 318. The molecule has 2 N–H and O–H groups in total. The molecular formula is C10H14BrNS. The summed E-state index contributed by atoms with van der Waals surface area (Å²) in [6.45, 7) is 5.42. The highest BCUT2D eigenvalue weighted by Crippen LogP contribution is 2.65. The van der Waals surface area contributed by atoms with Gasteiger partial charge >= 0.3 is 0 Å². The summed E-state index contributed by atoms with van der Waals surface area (Å²) >= 11 is 5.42. The number of hydrogen-bond donors (Lipinski definition) is 1. The van der Waals surface area contributed by atoms with Crippen molar-refractivity contribution < 1.29 is 0 Å². The standard InChI is InChI=1S/C10H14BrNS/c1-10(2)6(5-12)8(10)9-7(11)3-4-13-9/h3-4,6,8H,5,12H2,1-2H3/t6-,8+/m1/s1. The lowest BCUT2D eigenvalue weighted by Gasteiger charge is -2.00. The predicted molar refractivity (Wildman–Crippen MR) is 61.1 cm³/mol. The lowest BCUT2D eigenvalue weighted by Crippen LogP contribution is -2.05. The number of halogens is 1. The minimum absolute atomic E-state index is 0.405. The third kappa shape index (κ3) is 1.37.